The number of carbonyl (C=O) groups excluding carboxylic acids is 1. The number of urea groups is 1. The highest BCUT2D eigenvalue weighted by Crippen LogP contribution is 2.31. The van der Waals surface area contributed by atoms with E-state index < -0.39 is 11.8 Å². The summed E-state index contributed by atoms with van der Waals surface area (Å²) in [6, 6.07) is 12.6. The Morgan fingerprint density at radius 2 is 1.69 bits per heavy atom. The van der Waals surface area contributed by atoms with E-state index in [1.807, 2.05) is 20.8 Å². The monoisotopic (exact) mass is 529 g/mol. The predicted octanol–water partition coefficient (Wildman–Crippen LogP) is 6.80. The Morgan fingerprint density at radius 3 is 2.38 bits per heavy atom. The zero-order chi connectivity index (χ0) is 27.6. The van der Waals surface area contributed by atoms with Gasteiger partial charge in [0.25, 0.3) is 0 Å². The largest absolute Gasteiger partial charge is 0.457 e. The molecule has 3 aromatic heterocycles. The lowest BCUT2D eigenvalue weighted by Crippen LogP contribution is -2.22. The van der Waals surface area contributed by atoms with Crippen molar-refractivity contribution in [2.45, 2.75) is 26.3 Å². The molecular weight excluding hydrogens is 504 g/mol. The van der Waals surface area contributed by atoms with E-state index in [4.69, 9.17) is 4.74 Å². The van der Waals surface area contributed by atoms with Crippen LogP contribution in [0.1, 0.15) is 20.8 Å². The maximum atomic E-state index is 14.9. The van der Waals surface area contributed by atoms with Gasteiger partial charge in [-0.05, 0) is 63.2 Å². The van der Waals surface area contributed by atoms with Crippen molar-refractivity contribution in [3.8, 4) is 34.0 Å². The molecule has 2 amide bonds. The van der Waals surface area contributed by atoms with Crippen LogP contribution < -0.4 is 15.4 Å². The number of H-pyrrole nitrogens is 1. The highest BCUT2D eigenvalue weighted by Gasteiger charge is 2.21. The molecule has 2 aromatic carbocycles. The topological polar surface area (TPSA) is 110 Å². The third kappa shape index (κ3) is 5.93. The van der Waals surface area contributed by atoms with Crippen LogP contribution in [0.3, 0.4) is 0 Å². The molecule has 0 bridgehead atoms. The fourth-order valence-corrected chi connectivity index (χ4v) is 3.73. The fraction of sp³-hybridized carbons (Fsp3) is 0.143. The van der Waals surface area contributed by atoms with Crippen molar-refractivity contribution >= 4 is 17.4 Å². The summed E-state index contributed by atoms with van der Waals surface area (Å²) in [5, 5.41) is 16.5. The summed E-state index contributed by atoms with van der Waals surface area (Å²) in [4.78, 5) is 17.1. The van der Waals surface area contributed by atoms with Gasteiger partial charge in [-0.25, -0.2) is 13.6 Å². The summed E-state index contributed by atoms with van der Waals surface area (Å²) < 4.78 is 35.8. The van der Waals surface area contributed by atoms with Crippen LogP contribution in [0.15, 0.2) is 79.4 Å². The van der Waals surface area contributed by atoms with Gasteiger partial charge in [0, 0.05) is 41.9 Å². The van der Waals surface area contributed by atoms with Crippen LogP contribution in [0, 0.1) is 11.6 Å². The van der Waals surface area contributed by atoms with Gasteiger partial charge in [-0.3, -0.25) is 14.8 Å². The lowest BCUT2D eigenvalue weighted by Gasteiger charge is -2.18. The molecule has 39 heavy (non-hydrogen) atoms. The molecule has 0 saturated carbocycles. The van der Waals surface area contributed by atoms with Gasteiger partial charge in [0.15, 0.2) is 0 Å². The third-order valence-corrected chi connectivity index (χ3v) is 5.72. The molecule has 0 spiro atoms. The minimum absolute atomic E-state index is 0.0415. The Kier molecular flexibility index (Phi) is 6.80. The van der Waals surface area contributed by atoms with E-state index in [0.717, 1.165) is 5.56 Å². The molecule has 0 fully saturated rings. The number of anilines is 2. The van der Waals surface area contributed by atoms with Gasteiger partial charge >= 0.3 is 6.03 Å². The molecule has 0 radical (unpaired) electrons. The summed E-state index contributed by atoms with van der Waals surface area (Å²) in [5.41, 5.74) is 2.48. The van der Waals surface area contributed by atoms with Crippen LogP contribution >= 0.6 is 0 Å². The Labute approximate surface area is 222 Å². The van der Waals surface area contributed by atoms with E-state index in [9.17, 15) is 13.6 Å². The van der Waals surface area contributed by atoms with Crippen LogP contribution in [0.5, 0.6) is 11.5 Å². The van der Waals surface area contributed by atoms with Crippen molar-refractivity contribution in [2.75, 3.05) is 10.6 Å². The van der Waals surface area contributed by atoms with Gasteiger partial charge in [0.05, 0.1) is 28.8 Å². The van der Waals surface area contributed by atoms with E-state index in [-0.39, 0.29) is 22.8 Å². The first-order valence-electron chi connectivity index (χ1n) is 12.0. The molecule has 3 heterocycles. The van der Waals surface area contributed by atoms with Crippen LogP contribution in [0.4, 0.5) is 25.0 Å². The van der Waals surface area contributed by atoms with Gasteiger partial charge in [-0.2, -0.15) is 10.2 Å². The van der Waals surface area contributed by atoms with Crippen molar-refractivity contribution in [3.63, 3.8) is 0 Å². The average molecular weight is 530 g/mol. The van der Waals surface area contributed by atoms with Gasteiger partial charge < -0.3 is 15.4 Å². The number of pyridine rings is 1. The van der Waals surface area contributed by atoms with Crippen molar-refractivity contribution in [1.82, 2.24) is 25.0 Å². The highest BCUT2D eigenvalue weighted by molar-refractivity contribution is 6.02. The zero-order valence-corrected chi connectivity index (χ0v) is 21.4. The van der Waals surface area contributed by atoms with Crippen molar-refractivity contribution < 1.29 is 18.3 Å². The second kappa shape index (κ2) is 10.4. The van der Waals surface area contributed by atoms with Gasteiger partial charge in [0.2, 0.25) is 0 Å². The minimum Gasteiger partial charge on any atom is -0.457 e. The van der Waals surface area contributed by atoms with E-state index >= 15 is 0 Å². The molecule has 0 unspecified atom stereocenters. The Balaban J connectivity index is 1.31. The maximum absolute atomic E-state index is 14.9. The number of nitrogens with zero attached hydrogens (tertiary/aromatic N) is 4. The van der Waals surface area contributed by atoms with Gasteiger partial charge in [-0.1, -0.05) is 0 Å². The Hall–Kier alpha value is -5.06. The molecule has 3 N–H and O–H groups in total. The summed E-state index contributed by atoms with van der Waals surface area (Å²) in [6.45, 7) is 5.88. The number of aromatic amines is 1. The first-order valence-corrected chi connectivity index (χ1v) is 12.0. The first-order chi connectivity index (χ1) is 18.7. The Morgan fingerprint density at radius 1 is 0.949 bits per heavy atom. The fourth-order valence-electron chi connectivity index (χ4n) is 3.73. The summed E-state index contributed by atoms with van der Waals surface area (Å²) in [6.07, 6.45) is 6.59. The molecule has 0 atom stereocenters. The number of amides is 2. The van der Waals surface area contributed by atoms with Gasteiger partial charge in [-0.15, -0.1) is 0 Å². The summed E-state index contributed by atoms with van der Waals surface area (Å²) >= 11 is 0. The molecule has 5 aromatic rings. The predicted molar refractivity (Wildman–Crippen MR) is 144 cm³/mol. The van der Waals surface area contributed by atoms with Crippen molar-refractivity contribution in [1.29, 1.82) is 0 Å². The van der Waals surface area contributed by atoms with Crippen LogP contribution in [-0.4, -0.2) is 31.0 Å². The molecule has 0 aliphatic carbocycles. The third-order valence-electron chi connectivity index (χ3n) is 5.72. The number of hydrogen-bond acceptors (Lipinski definition) is 5. The minimum atomic E-state index is -0.684. The quantitative estimate of drug-likeness (QED) is 0.224. The van der Waals surface area contributed by atoms with Gasteiger partial charge in [0.1, 0.15) is 28.8 Å². The zero-order valence-electron chi connectivity index (χ0n) is 21.4. The average Bonchev–Trinajstić information content (AvgIpc) is 3.57. The van der Waals surface area contributed by atoms with Crippen LogP contribution in [-0.2, 0) is 5.54 Å². The number of nitrogens with one attached hydrogen (secondary N) is 3. The van der Waals surface area contributed by atoms with Crippen molar-refractivity contribution in [2.24, 2.45) is 0 Å². The normalized spacial score (nSPS) is 11.3. The van der Waals surface area contributed by atoms with Crippen LogP contribution in [0.25, 0.3) is 22.5 Å². The SMILES string of the molecule is CC(C)(C)n1cc(NC(=O)Nc2ccc(Oc3ccnc(-c4cn[nH]c4)c3)cc2F)c(-c2ccc(F)cc2)n1. The van der Waals surface area contributed by atoms with E-state index in [0.29, 0.717) is 28.4 Å². The number of halogens is 2. The van der Waals surface area contributed by atoms with Crippen LogP contribution in [0.2, 0.25) is 0 Å². The summed E-state index contributed by atoms with van der Waals surface area (Å²) in [7, 11) is 0. The Bertz CT molecular complexity index is 1610. The number of hydrogen-bond donors (Lipinski definition) is 3. The number of benzene rings is 2. The number of ether oxygens (including phenoxy) is 1. The molecule has 11 heteroatoms. The molecule has 0 aliphatic rings. The number of carbonyl (C=O) groups is 1. The standard InChI is InChI=1S/C28H25F2N7O2/c1-28(2,3)37-16-25(26(36-37)17-4-6-19(29)7-5-17)35-27(38)34-23-9-8-20(12-22(23)30)39-21-10-11-31-24(13-21)18-14-32-33-15-18/h4-16H,1-3H3,(H,32,33)(H2,34,35,38). The van der Waals surface area contributed by atoms with E-state index in [2.05, 4.69) is 30.9 Å². The molecule has 0 saturated heterocycles. The number of aromatic nitrogens is 5. The molecule has 198 valence electrons. The maximum Gasteiger partial charge on any atom is 0.323 e. The number of rotatable bonds is 6. The van der Waals surface area contributed by atoms with Crippen molar-refractivity contribution in [3.05, 3.63) is 91.0 Å². The van der Waals surface area contributed by atoms with E-state index in [1.54, 1.807) is 53.7 Å². The molecule has 0 aliphatic heterocycles. The lowest BCUT2D eigenvalue weighted by molar-refractivity contribution is 0.262. The smallest absolute Gasteiger partial charge is 0.323 e. The lowest BCUT2D eigenvalue weighted by atomic mass is 10.1. The highest BCUT2D eigenvalue weighted by atomic mass is 19.1. The molecular formula is C28H25F2N7O2. The second-order valence-corrected chi connectivity index (χ2v) is 9.70. The first kappa shape index (κ1) is 25.6. The van der Waals surface area contributed by atoms with E-state index in [1.165, 1.54) is 30.3 Å². The second-order valence-electron chi connectivity index (χ2n) is 9.70. The molecule has 5 rings (SSSR count). The molecule has 9 nitrogen and oxygen atoms in total. The summed E-state index contributed by atoms with van der Waals surface area (Å²) in [5.74, 6) is -0.363.